The zero-order chi connectivity index (χ0) is 19.5. The second kappa shape index (κ2) is 9.87. The molecular formula is C19H32ClN3O3S. The van der Waals surface area contributed by atoms with Crippen LogP contribution in [0.15, 0.2) is 17.0 Å². The Kier molecular flexibility index (Phi) is 8.73. The first kappa shape index (κ1) is 23.9. The first-order valence-corrected chi connectivity index (χ1v) is 10.6. The van der Waals surface area contributed by atoms with E-state index in [0.717, 1.165) is 23.2 Å². The van der Waals surface area contributed by atoms with Crippen molar-refractivity contribution < 1.29 is 13.2 Å². The highest BCUT2D eigenvalue weighted by molar-refractivity contribution is 7.89. The van der Waals surface area contributed by atoms with E-state index >= 15 is 0 Å². The molecule has 0 radical (unpaired) electrons. The van der Waals surface area contributed by atoms with E-state index in [1.807, 2.05) is 47.0 Å². The van der Waals surface area contributed by atoms with Crippen LogP contribution in [0, 0.1) is 26.7 Å². The predicted molar refractivity (Wildman–Crippen MR) is 111 cm³/mol. The van der Waals surface area contributed by atoms with Gasteiger partial charge in [-0.25, -0.2) is 8.42 Å². The minimum Gasteiger partial charge on any atom is -0.344 e. The van der Waals surface area contributed by atoms with Crippen LogP contribution in [0.3, 0.4) is 0 Å². The first-order chi connectivity index (χ1) is 12.2. The first-order valence-electron chi connectivity index (χ1n) is 9.16. The summed E-state index contributed by atoms with van der Waals surface area (Å²) in [5, 5.41) is 3.03. The molecule has 1 saturated heterocycles. The van der Waals surface area contributed by atoms with Gasteiger partial charge >= 0.3 is 0 Å². The van der Waals surface area contributed by atoms with Crippen LogP contribution in [0.25, 0.3) is 0 Å². The Hall–Kier alpha value is -1.15. The summed E-state index contributed by atoms with van der Waals surface area (Å²) in [7, 11) is 0.140. The van der Waals surface area contributed by atoms with Crippen molar-refractivity contribution in [3.8, 4) is 0 Å². The van der Waals surface area contributed by atoms with Crippen LogP contribution in [-0.2, 0) is 14.8 Å². The SMILES string of the molecule is CNCCN(C)C(=O)C1CCN(S(=O)(=O)c2c(C)cc(C)cc2C)CC1.Cl. The van der Waals surface area contributed by atoms with Crippen LogP contribution < -0.4 is 5.32 Å². The lowest BCUT2D eigenvalue weighted by Gasteiger charge is -2.33. The van der Waals surface area contributed by atoms with Gasteiger partial charge in [0.25, 0.3) is 0 Å². The molecule has 1 aliphatic rings. The van der Waals surface area contributed by atoms with Gasteiger partial charge in [-0.1, -0.05) is 17.7 Å². The summed E-state index contributed by atoms with van der Waals surface area (Å²) in [6.07, 6.45) is 1.15. The van der Waals surface area contributed by atoms with Gasteiger partial charge in [0, 0.05) is 39.1 Å². The van der Waals surface area contributed by atoms with Gasteiger partial charge in [-0.15, -0.1) is 12.4 Å². The van der Waals surface area contributed by atoms with Gasteiger partial charge in [-0.2, -0.15) is 4.31 Å². The summed E-state index contributed by atoms with van der Waals surface area (Å²) in [5.41, 5.74) is 2.63. The van der Waals surface area contributed by atoms with E-state index in [-0.39, 0.29) is 24.2 Å². The maximum absolute atomic E-state index is 13.1. The molecule has 1 aliphatic heterocycles. The number of nitrogens with one attached hydrogen (secondary N) is 1. The maximum atomic E-state index is 13.1. The highest BCUT2D eigenvalue weighted by atomic mass is 35.5. The molecule has 0 saturated carbocycles. The van der Waals surface area contributed by atoms with E-state index in [4.69, 9.17) is 0 Å². The molecule has 1 N–H and O–H groups in total. The molecule has 1 aromatic carbocycles. The number of carbonyl (C=O) groups excluding carboxylic acids is 1. The Labute approximate surface area is 169 Å². The molecule has 2 rings (SSSR count). The fraction of sp³-hybridized carbons (Fsp3) is 0.632. The van der Waals surface area contributed by atoms with Crippen LogP contribution in [0.4, 0.5) is 0 Å². The molecule has 0 aromatic heterocycles. The zero-order valence-electron chi connectivity index (χ0n) is 16.9. The summed E-state index contributed by atoms with van der Waals surface area (Å²) in [4.78, 5) is 14.7. The third-order valence-corrected chi connectivity index (χ3v) is 7.28. The molecule has 1 fully saturated rings. The van der Waals surface area contributed by atoms with E-state index < -0.39 is 10.0 Å². The Bertz CT molecular complexity index is 736. The monoisotopic (exact) mass is 417 g/mol. The third-order valence-electron chi connectivity index (χ3n) is 5.08. The van der Waals surface area contributed by atoms with Gasteiger partial charge in [0.15, 0.2) is 0 Å². The zero-order valence-corrected chi connectivity index (χ0v) is 18.5. The van der Waals surface area contributed by atoms with Crippen molar-refractivity contribution in [1.82, 2.24) is 14.5 Å². The van der Waals surface area contributed by atoms with Gasteiger partial charge in [0.2, 0.25) is 15.9 Å². The number of aryl methyl sites for hydroxylation is 3. The highest BCUT2D eigenvalue weighted by Crippen LogP contribution is 2.29. The topological polar surface area (TPSA) is 69.7 Å². The Morgan fingerprint density at radius 3 is 2.19 bits per heavy atom. The fourth-order valence-electron chi connectivity index (χ4n) is 3.75. The van der Waals surface area contributed by atoms with Crippen LogP contribution in [0.2, 0.25) is 0 Å². The van der Waals surface area contributed by atoms with Gasteiger partial charge in [-0.3, -0.25) is 4.79 Å². The highest BCUT2D eigenvalue weighted by Gasteiger charge is 2.34. The number of benzene rings is 1. The van der Waals surface area contributed by atoms with E-state index in [1.165, 1.54) is 4.31 Å². The minimum atomic E-state index is -3.53. The molecule has 154 valence electrons. The Morgan fingerprint density at radius 1 is 1.19 bits per heavy atom. The van der Waals surface area contributed by atoms with Crippen molar-refractivity contribution in [3.05, 3.63) is 28.8 Å². The maximum Gasteiger partial charge on any atom is 0.243 e. The number of sulfonamides is 1. The molecule has 0 bridgehead atoms. The molecule has 27 heavy (non-hydrogen) atoms. The lowest BCUT2D eigenvalue weighted by atomic mass is 9.97. The van der Waals surface area contributed by atoms with Crippen molar-refractivity contribution in [1.29, 1.82) is 0 Å². The van der Waals surface area contributed by atoms with E-state index in [1.54, 1.807) is 4.90 Å². The number of hydrogen-bond acceptors (Lipinski definition) is 4. The number of amides is 1. The summed E-state index contributed by atoms with van der Waals surface area (Å²) in [5.74, 6) is 0.0171. The van der Waals surface area contributed by atoms with Crippen molar-refractivity contribution in [2.75, 3.05) is 40.3 Å². The Morgan fingerprint density at radius 2 is 1.70 bits per heavy atom. The summed E-state index contributed by atoms with van der Waals surface area (Å²) < 4.78 is 27.8. The lowest BCUT2D eigenvalue weighted by Crippen LogP contribution is -2.44. The van der Waals surface area contributed by atoms with Crippen molar-refractivity contribution in [2.45, 2.75) is 38.5 Å². The third kappa shape index (κ3) is 5.44. The van der Waals surface area contributed by atoms with Gasteiger partial charge in [0.1, 0.15) is 0 Å². The summed E-state index contributed by atoms with van der Waals surface area (Å²) in [6, 6.07) is 3.82. The van der Waals surface area contributed by atoms with E-state index in [9.17, 15) is 13.2 Å². The van der Waals surface area contributed by atoms with Gasteiger partial charge in [-0.05, 0) is 51.8 Å². The molecule has 0 spiro atoms. The normalized spacial score (nSPS) is 16.0. The van der Waals surface area contributed by atoms with Crippen LogP contribution >= 0.6 is 12.4 Å². The molecule has 1 amide bonds. The average molecular weight is 418 g/mol. The van der Waals surface area contributed by atoms with Gasteiger partial charge < -0.3 is 10.2 Å². The quantitative estimate of drug-likeness (QED) is 0.769. The van der Waals surface area contributed by atoms with Crippen LogP contribution in [0.5, 0.6) is 0 Å². The van der Waals surface area contributed by atoms with Crippen molar-refractivity contribution in [3.63, 3.8) is 0 Å². The smallest absolute Gasteiger partial charge is 0.243 e. The number of nitrogens with zero attached hydrogens (tertiary/aromatic N) is 2. The molecule has 6 nitrogen and oxygen atoms in total. The minimum absolute atomic E-state index is 0. The van der Waals surface area contributed by atoms with E-state index in [2.05, 4.69) is 5.32 Å². The second-order valence-electron chi connectivity index (χ2n) is 7.27. The standard InChI is InChI=1S/C19H31N3O3S.ClH/c1-14-12-15(2)18(16(3)13-14)26(24,25)22-9-6-17(7-10-22)19(23)21(5)11-8-20-4;/h12-13,17,20H,6-11H2,1-5H3;1H. The largest absolute Gasteiger partial charge is 0.344 e. The van der Waals surface area contributed by atoms with Crippen molar-refractivity contribution >= 4 is 28.3 Å². The number of carbonyl (C=O) groups is 1. The number of likely N-dealkylation sites (N-methyl/N-ethyl adjacent to an activating group) is 2. The summed E-state index contributed by atoms with van der Waals surface area (Å²) >= 11 is 0. The molecule has 1 heterocycles. The molecule has 0 unspecified atom stereocenters. The fourth-order valence-corrected chi connectivity index (χ4v) is 5.63. The average Bonchev–Trinajstić information content (AvgIpc) is 2.58. The number of rotatable bonds is 6. The molecule has 0 aliphatic carbocycles. The molecule has 1 aromatic rings. The molecular weight excluding hydrogens is 386 g/mol. The van der Waals surface area contributed by atoms with Crippen molar-refractivity contribution in [2.24, 2.45) is 5.92 Å². The molecule has 0 atom stereocenters. The lowest BCUT2D eigenvalue weighted by molar-refractivity contribution is -0.135. The predicted octanol–water partition coefficient (Wildman–Crippen LogP) is 2.11. The van der Waals surface area contributed by atoms with Crippen LogP contribution in [-0.4, -0.2) is 63.8 Å². The molecule has 8 heteroatoms. The summed E-state index contributed by atoms with van der Waals surface area (Å²) in [6.45, 7) is 7.87. The van der Waals surface area contributed by atoms with E-state index in [0.29, 0.717) is 37.4 Å². The second-order valence-corrected chi connectivity index (χ2v) is 9.14. The van der Waals surface area contributed by atoms with Crippen LogP contribution in [0.1, 0.15) is 29.5 Å². The Balaban J connectivity index is 0.00000364. The van der Waals surface area contributed by atoms with Gasteiger partial charge in [0.05, 0.1) is 4.90 Å². The number of piperidine rings is 1. The number of hydrogen-bond donors (Lipinski definition) is 1. The number of halogens is 1.